The first kappa shape index (κ1) is 16.5. The average Bonchev–Trinajstić information content (AvgIpc) is 2.91. The Bertz CT molecular complexity index is 1030. The van der Waals surface area contributed by atoms with E-state index in [1.165, 1.54) is 18.2 Å². The fourth-order valence-electron chi connectivity index (χ4n) is 2.83. The number of aromatic nitrogens is 2. The van der Waals surface area contributed by atoms with Crippen molar-refractivity contribution < 1.29 is 14.7 Å². The molecule has 0 aliphatic carbocycles. The van der Waals surface area contributed by atoms with Gasteiger partial charge in [-0.15, -0.1) is 0 Å². The van der Waals surface area contributed by atoms with Crippen molar-refractivity contribution >= 4 is 22.9 Å². The lowest BCUT2D eigenvalue weighted by Gasteiger charge is -2.10. The van der Waals surface area contributed by atoms with Gasteiger partial charge in [0, 0.05) is 6.54 Å². The summed E-state index contributed by atoms with van der Waals surface area (Å²) in [7, 11) is 0. The van der Waals surface area contributed by atoms with Gasteiger partial charge in [0.2, 0.25) is 0 Å². The lowest BCUT2D eigenvalue weighted by atomic mass is 10.0. The molecular formula is C18H17N3O4. The van der Waals surface area contributed by atoms with Crippen LogP contribution in [0.1, 0.15) is 27.0 Å². The monoisotopic (exact) mass is 339 g/mol. The number of fused-ring (bicyclic) bond motifs is 1. The molecular weight excluding hydrogens is 322 g/mol. The molecule has 1 amide bonds. The molecule has 0 fully saturated rings. The SMILES string of the molecule is Cc1cccc(C)c1CNC(=O)n1[nH]c2c(C(=O)O)cccc2c1=O. The van der Waals surface area contributed by atoms with E-state index >= 15 is 0 Å². The van der Waals surface area contributed by atoms with Gasteiger partial charge in [0.05, 0.1) is 16.5 Å². The third-order valence-electron chi connectivity index (χ3n) is 4.22. The molecule has 0 aliphatic rings. The van der Waals surface area contributed by atoms with Gasteiger partial charge in [-0.3, -0.25) is 9.89 Å². The van der Waals surface area contributed by atoms with E-state index in [-0.39, 0.29) is 23.0 Å². The minimum absolute atomic E-state index is 0.0594. The molecule has 1 heterocycles. The van der Waals surface area contributed by atoms with E-state index in [0.29, 0.717) is 0 Å². The number of carbonyl (C=O) groups is 2. The standard InChI is InChI=1S/C18H17N3O4/c1-10-5-3-6-11(2)14(10)9-19-18(25)21-16(22)12-7-4-8-13(17(23)24)15(12)20-21/h3-8,20H,9H2,1-2H3,(H,19,25)(H,23,24). The highest BCUT2D eigenvalue weighted by molar-refractivity contribution is 6.02. The summed E-state index contributed by atoms with van der Waals surface area (Å²) in [5.74, 6) is -1.17. The second-order valence-electron chi connectivity index (χ2n) is 5.81. The molecule has 0 saturated carbocycles. The van der Waals surface area contributed by atoms with Crippen molar-refractivity contribution in [1.82, 2.24) is 15.1 Å². The summed E-state index contributed by atoms with van der Waals surface area (Å²) in [4.78, 5) is 36.0. The van der Waals surface area contributed by atoms with Crippen LogP contribution in [0.25, 0.3) is 10.9 Å². The quantitative estimate of drug-likeness (QED) is 0.681. The second kappa shape index (κ2) is 6.27. The number of aryl methyl sites for hydroxylation is 2. The van der Waals surface area contributed by atoms with Crippen LogP contribution in [-0.4, -0.2) is 26.9 Å². The largest absolute Gasteiger partial charge is 0.478 e. The van der Waals surface area contributed by atoms with Crippen LogP contribution >= 0.6 is 0 Å². The number of benzene rings is 2. The summed E-state index contributed by atoms with van der Waals surface area (Å²) in [5.41, 5.74) is 2.54. The molecule has 0 aliphatic heterocycles. The fourth-order valence-corrected chi connectivity index (χ4v) is 2.83. The van der Waals surface area contributed by atoms with Crippen LogP contribution in [0, 0.1) is 13.8 Å². The lowest BCUT2D eigenvalue weighted by molar-refractivity contribution is 0.0698. The van der Waals surface area contributed by atoms with Crippen molar-refractivity contribution in [2.24, 2.45) is 0 Å². The van der Waals surface area contributed by atoms with Crippen LogP contribution in [0.15, 0.2) is 41.2 Å². The zero-order chi connectivity index (χ0) is 18.1. The van der Waals surface area contributed by atoms with E-state index in [1.54, 1.807) is 0 Å². The highest BCUT2D eigenvalue weighted by Crippen LogP contribution is 2.14. The maximum atomic E-state index is 12.4. The number of carboxylic acid groups (broad SMARTS) is 1. The van der Waals surface area contributed by atoms with E-state index in [9.17, 15) is 19.5 Å². The highest BCUT2D eigenvalue weighted by atomic mass is 16.4. The fraction of sp³-hybridized carbons (Fsp3) is 0.167. The lowest BCUT2D eigenvalue weighted by Crippen LogP contribution is -2.35. The molecule has 7 heteroatoms. The number of H-pyrrole nitrogens is 1. The number of nitrogens with one attached hydrogen (secondary N) is 2. The molecule has 0 spiro atoms. The molecule has 7 nitrogen and oxygen atoms in total. The number of aromatic carboxylic acids is 1. The Morgan fingerprint density at radius 1 is 1.12 bits per heavy atom. The van der Waals surface area contributed by atoms with Crippen LogP contribution in [0.4, 0.5) is 4.79 Å². The van der Waals surface area contributed by atoms with Crippen molar-refractivity contribution in [3.05, 3.63) is 69.0 Å². The number of hydrogen-bond donors (Lipinski definition) is 3. The van der Waals surface area contributed by atoms with Crippen molar-refractivity contribution in [1.29, 1.82) is 0 Å². The average molecular weight is 339 g/mol. The Kier molecular flexibility index (Phi) is 4.14. The van der Waals surface area contributed by atoms with Gasteiger partial charge in [0.1, 0.15) is 0 Å². The predicted octanol–water partition coefficient (Wildman–Crippen LogP) is 2.40. The molecule has 1 aromatic heterocycles. The Hall–Kier alpha value is -3.35. The van der Waals surface area contributed by atoms with Crippen molar-refractivity contribution in [2.45, 2.75) is 20.4 Å². The number of hydrogen-bond acceptors (Lipinski definition) is 3. The second-order valence-corrected chi connectivity index (χ2v) is 5.81. The van der Waals surface area contributed by atoms with Gasteiger partial charge in [-0.1, -0.05) is 24.3 Å². The molecule has 128 valence electrons. The zero-order valence-electron chi connectivity index (χ0n) is 13.8. The first-order valence-electron chi connectivity index (χ1n) is 7.70. The summed E-state index contributed by atoms with van der Waals surface area (Å²) in [6, 6.07) is 9.52. The molecule has 3 aromatic rings. The molecule has 0 unspecified atom stereocenters. The minimum atomic E-state index is -1.17. The van der Waals surface area contributed by atoms with Crippen LogP contribution in [0.5, 0.6) is 0 Å². The number of amides is 1. The predicted molar refractivity (Wildman–Crippen MR) is 93.1 cm³/mol. The van der Waals surface area contributed by atoms with Crippen molar-refractivity contribution in [3.8, 4) is 0 Å². The van der Waals surface area contributed by atoms with Crippen LogP contribution in [-0.2, 0) is 6.54 Å². The number of nitrogens with zero attached hydrogens (tertiary/aromatic N) is 1. The summed E-state index contributed by atoms with van der Waals surface area (Å²) < 4.78 is 0.796. The van der Waals surface area contributed by atoms with Crippen LogP contribution in [0.2, 0.25) is 0 Å². The zero-order valence-corrected chi connectivity index (χ0v) is 13.8. The first-order valence-corrected chi connectivity index (χ1v) is 7.70. The van der Waals surface area contributed by atoms with Crippen LogP contribution < -0.4 is 10.9 Å². The number of carboxylic acids is 1. The van der Waals surface area contributed by atoms with E-state index in [2.05, 4.69) is 10.4 Å². The molecule has 25 heavy (non-hydrogen) atoms. The van der Waals surface area contributed by atoms with E-state index in [0.717, 1.165) is 21.4 Å². The van der Waals surface area contributed by atoms with Crippen LogP contribution in [0.3, 0.4) is 0 Å². The first-order chi connectivity index (χ1) is 11.9. The van der Waals surface area contributed by atoms with Gasteiger partial charge < -0.3 is 10.4 Å². The number of carbonyl (C=O) groups excluding carboxylic acids is 1. The number of aromatic amines is 1. The third-order valence-corrected chi connectivity index (χ3v) is 4.22. The Morgan fingerprint density at radius 3 is 2.40 bits per heavy atom. The summed E-state index contributed by atoms with van der Waals surface area (Å²) in [6.07, 6.45) is 0. The normalized spacial score (nSPS) is 10.8. The molecule has 0 saturated heterocycles. The van der Waals surface area contributed by atoms with Gasteiger partial charge in [-0.05, 0) is 42.7 Å². The molecule has 2 aromatic carbocycles. The molecule has 3 rings (SSSR count). The summed E-state index contributed by atoms with van der Waals surface area (Å²) >= 11 is 0. The van der Waals surface area contributed by atoms with Gasteiger partial charge in [-0.25, -0.2) is 9.59 Å². The highest BCUT2D eigenvalue weighted by Gasteiger charge is 2.17. The van der Waals surface area contributed by atoms with Crippen molar-refractivity contribution in [2.75, 3.05) is 0 Å². The van der Waals surface area contributed by atoms with E-state index in [4.69, 9.17) is 0 Å². The maximum absolute atomic E-state index is 12.4. The Balaban J connectivity index is 1.93. The topological polar surface area (TPSA) is 104 Å². The number of rotatable bonds is 3. The smallest absolute Gasteiger partial charge is 0.343 e. The van der Waals surface area contributed by atoms with Gasteiger partial charge in [0.15, 0.2) is 0 Å². The van der Waals surface area contributed by atoms with Gasteiger partial charge in [0.25, 0.3) is 5.56 Å². The Morgan fingerprint density at radius 2 is 1.76 bits per heavy atom. The molecule has 0 atom stereocenters. The minimum Gasteiger partial charge on any atom is -0.478 e. The number of para-hydroxylation sites is 1. The molecule has 3 N–H and O–H groups in total. The summed E-state index contributed by atoms with van der Waals surface area (Å²) in [5, 5.41) is 14.6. The van der Waals surface area contributed by atoms with E-state index < -0.39 is 17.6 Å². The molecule has 0 bridgehead atoms. The van der Waals surface area contributed by atoms with Gasteiger partial charge >= 0.3 is 12.0 Å². The van der Waals surface area contributed by atoms with E-state index in [1.807, 2.05) is 32.0 Å². The summed E-state index contributed by atoms with van der Waals surface area (Å²) in [6.45, 7) is 4.16. The maximum Gasteiger partial charge on any atom is 0.343 e. The Labute approximate surface area is 142 Å². The van der Waals surface area contributed by atoms with Gasteiger partial charge in [-0.2, -0.15) is 4.68 Å². The van der Waals surface area contributed by atoms with Crippen molar-refractivity contribution in [3.63, 3.8) is 0 Å². The third kappa shape index (κ3) is 2.91. The molecule has 0 radical (unpaired) electrons.